The van der Waals surface area contributed by atoms with Gasteiger partial charge in [-0.3, -0.25) is 0 Å². The molecule has 0 atom stereocenters. The maximum atomic E-state index is 12.6. The van der Waals surface area contributed by atoms with Crippen LogP contribution >= 0.6 is 0 Å². The first-order valence-corrected chi connectivity index (χ1v) is 8.37. The van der Waals surface area contributed by atoms with Gasteiger partial charge in [-0.15, -0.1) is 5.10 Å². The number of hydrogen-bond acceptors (Lipinski definition) is 5. The summed E-state index contributed by atoms with van der Waals surface area (Å²) >= 11 is 0. The minimum absolute atomic E-state index is 0.332. The lowest BCUT2D eigenvalue weighted by atomic mass is 10.2. The second kappa shape index (κ2) is 5.53. The lowest BCUT2D eigenvalue weighted by Gasteiger charge is -2.26. The van der Waals surface area contributed by atoms with E-state index in [-0.39, 0.29) is 0 Å². The number of aryl methyl sites for hydroxylation is 1. The molecule has 0 aliphatic carbocycles. The lowest BCUT2D eigenvalue weighted by molar-refractivity contribution is 0.346. The average Bonchev–Trinajstić information content (AvgIpc) is 3.02. The molecule has 0 bridgehead atoms. The normalized spacial score (nSPS) is 17.0. The zero-order valence-corrected chi connectivity index (χ0v) is 12.6. The zero-order chi connectivity index (χ0) is 14.9. The van der Waals surface area contributed by atoms with E-state index in [1.165, 1.54) is 11.0 Å². The van der Waals surface area contributed by atoms with Gasteiger partial charge in [0.05, 0.1) is 10.6 Å². The summed E-state index contributed by atoms with van der Waals surface area (Å²) in [5.74, 6) is 0. The molecule has 2 aromatic rings. The highest BCUT2D eigenvalue weighted by Crippen LogP contribution is 2.23. The Morgan fingerprint density at radius 2 is 1.90 bits per heavy atom. The first-order chi connectivity index (χ1) is 10.1. The first-order valence-electron chi connectivity index (χ1n) is 6.93. The number of benzene rings is 1. The molecule has 1 aromatic carbocycles. The van der Waals surface area contributed by atoms with E-state index in [0.717, 1.165) is 30.5 Å². The molecule has 2 heterocycles. The molecule has 1 aliphatic rings. The quantitative estimate of drug-likeness (QED) is 0.849. The number of nitrogens with zero attached hydrogens (tertiary/aromatic N) is 5. The van der Waals surface area contributed by atoms with Gasteiger partial charge in [-0.25, -0.2) is 13.1 Å². The summed E-state index contributed by atoms with van der Waals surface area (Å²) in [5.41, 5.74) is 1.60. The van der Waals surface area contributed by atoms with Gasteiger partial charge in [0.25, 0.3) is 0 Å². The van der Waals surface area contributed by atoms with Crippen molar-refractivity contribution in [2.45, 2.75) is 31.1 Å². The van der Waals surface area contributed by atoms with E-state index < -0.39 is 10.0 Å². The van der Waals surface area contributed by atoms with E-state index >= 15 is 0 Å². The molecule has 0 radical (unpaired) electrons. The molecule has 21 heavy (non-hydrogen) atoms. The van der Waals surface area contributed by atoms with Crippen molar-refractivity contribution < 1.29 is 8.42 Å². The van der Waals surface area contributed by atoms with Crippen LogP contribution in [0.5, 0.6) is 0 Å². The zero-order valence-electron chi connectivity index (χ0n) is 11.8. The van der Waals surface area contributed by atoms with Gasteiger partial charge in [-0.1, -0.05) is 6.42 Å². The second-order valence-corrected chi connectivity index (χ2v) is 7.11. The minimum atomic E-state index is -3.40. The molecule has 0 saturated carbocycles. The fraction of sp³-hybridized carbons (Fsp3) is 0.462. The fourth-order valence-corrected chi connectivity index (χ4v) is 4.17. The SMILES string of the molecule is Cc1cc(S(=O)(=O)N2CCCCC2)ccc1-n1cnnn1. The Morgan fingerprint density at radius 3 is 2.52 bits per heavy atom. The van der Waals surface area contributed by atoms with Crippen LogP contribution in [-0.4, -0.2) is 46.0 Å². The van der Waals surface area contributed by atoms with Crippen LogP contribution in [0.1, 0.15) is 24.8 Å². The Kier molecular flexibility index (Phi) is 3.73. The predicted octanol–water partition coefficient (Wildman–Crippen LogP) is 1.15. The largest absolute Gasteiger partial charge is 0.243 e. The molecule has 7 nitrogen and oxygen atoms in total. The molecule has 1 aliphatic heterocycles. The van der Waals surface area contributed by atoms with E-state index in [2.05, 4.69) is 15.5 Å². The van der Waals surface area contributed by atoms with Crippen LogP contribution in [0.3, 0.4) is 0 Å². The number of piperidine rings is 1. The smallest absolute Gasteiger partial charge is 0.207 e. The van der Waals surface area contributed by atoms with Crippen molar-refractivity contribution in [2.24, 2.45) is 0 Å². The minimum Gasteiger partial charge on any atom is -0.207 e. The average molecular weight is 307 g/mol. The Hall–Kier alpha value is -1.80. The van der Waals surface area contributed by atoms with Gasteiger partial charge < -0.3 is 0 Å². The van der Waals surface area contributed by atoms with E-state index in [1.807, 2.05) is 6.92 Å². The number of aromatic nitrogens is 4. The molecule has 1 fully saturated rings. The number of hydrogen-bond donors (Lipinski definition) is 0. The highest BCUT2D eigenvalue weighted by atomic mass is 32.2. The van der Waals surface area contributed by atoms with Gasteiger partial charge in [0.2, 0.25) is 10.0 Å². The summed E-state index contributed by atoms with van der Waals surface area (Å²) < 4.78 is 28.3. The summed E-state index contributed by atoms with van der Waals surface area (Å²) in [6.45, 7) is 3.07. The van der Waals surface area contributed by atoms with Crippen LogP contribution in [0.4, 0.5) is 0 Å². The Morgan fingerprint density at radius 1 is 1.14 bits per heavy atom. The van der Waals surface area contributed by atoms with Crippen molar-refractivity contribution in [3.05, 3.63) is 30.1 Å². The van der Waals surface area contributed by atoms with Crippen LogP contribution in [0.25, 0.3) is 5.69 Å². The third-order valence-corrected chi connectivity index (χ3v) is 5.61. The van der Waals surface area contributed by atoms with E-state index in [4.69, 9.17) is 0 Å². The van der Waals surface area contributed by atoms with Crippen LogP contribution in [0.2, 0.25) is 0 Å². The highest BCUT2D eigenvalue weighted by Gasteiger charge is 2.26. The summed E-state index contributed by atoms with van der Waals surface area (Å²) in [5, 5.41) is 11.0. The molecular weight excluding hydrogens is 290 g/mol. The summed E-state index contributed by atoms with van der Waals surface area (Å²) in [6.07, 6.45) is 4.45. The molecule has 1 aromatic heterocycles. The maximum Gasteiger partial charge on any atom is 0.243 e. The van der Waals surface area contributed by atoms with Gasteiger partial charge in [-0.2, -0.15) is 4.31 Å². The van der Waals surface area contributed by atoms with Crippen LogP contribution in [-0.2, 0) is 10.0 Å². The van der Waals surface area contributed by atoms with E-state index in [1.54, 1.807) is 22.5 Å². The van der Waals surface area contributed by atoms with Crippen molar-refractivity contribution in [1.82, 2.24) is 24.5 Å². The maximum absolute atomic E-state index is 12.6. The van der Waals surface area contributed by atoms with E-state index in [0.29, 0.717) is 18.0 Å². The molecule has 3 rings (SSSR count). The Balaban J connectivity index is 1.94. The third-order valence-electron chi connectivity index (χ3n) is 3.72. The van der Waals surface area contributed by atoms with Gasteiger partial charge in [0.1, 0.15) is 6.33 Å². The van der Waals surface area contributed by atoms with Gasteiger partial charge in [0, 0.05) is 13.1 Å². The van der Waals surface area contributed by atoms with Gasteiger partial charge >= 0.3 is 0 Å². The van der Waals surface area contributed by atoms with Crippen LogP contribution in [0.15, 0.2) is 29.4 Å². The second-order valence-electron chi connectivity index (χ2n) is 5.17. The lowest BCUT2D eigenvalue weighted by Crippen LogP contribution is -2.35. The monoisotopic (exact) mass is 307 g/mol. The van der Waals surface area contributed by atoms with Crippen LogP contribution < -0.4 is 0 Å². The Bertz CT molecular complexity index is 721. The number of rotatable bonds is 3. The topological polar surface area (TPSA) is 81.0 Å². The van der Waals surface area contributed by atoms with Crippen molar-refractivity contribution in [1.29, 1.82) is 0 Å². The molecule has 0 N–H and O–H groups in total. The Labute approximate surface area is 123 Å². The first kappa shape index (κ1) is 14.2. The van der Waals surface area contributed by atoms with Crippen molar-refractivity contribution in [3.63, 3.8) is 0 Å². The van der Waals surface area contributed by atoms with Crippen LogP contribution in [0, 0.1) is 6.92 Å². The summed E-state index contributed by atoms with van der Waals surface area (Å²) in [6, 6.07) is 5.04. The molecule has 0 spiro atoms. The highest BCUT2D eigenvalue weighted by molar-refractivity contribution is 7.89. The molecule has 1 saturated heterocycles. The molecule has 8 heteroatoms. The number of sulfonamides is 1. The molecule has 0 unspecified atom stereocenters. The van der Waals surface area contributed by atoms with Gasteiger partial charge in [-0.05, 0) is 54.0 Å². The third kappa shape index (κ3) is 2.68. The predicted molar refractivity (Wildman–Crippen MR) is 76.5 cm³/mol. The molecular formula is C13H17N5O2S. The summed E-state index contributed by atoms with van der Waals surface area (Å²) in [4.78, 5) is 0.332. The van der Waals surface area contributed by atoms with Crippen molar-refractivity contribution in [2.75, 3.05) is 13.1 Å². The molecule has 0 amide bonds. The molecule has 112 valence electrons. The number of tetrazole rings is 1. The van der Waals surface area contributed by atoms with Crippen molar-refractivity contribution in [3.8, 4) is 5.69 Å². The summed E-state index contributed by atoms with van der Waals surface area (Å²) in [7, 11) is -3.40. The fourth-order valence-electron chi connectivity index (χ4n) is 2.57. The standard InChI is InChI=1S/C13H17N5O2S/c1-11-9-12(5-6-13(11)18-10-14-15-16-18)21(19,20)17-7-3-2-4-8-17/h5-6,9-10H,2-4,7-8H2,1H3. The van der Waals surface area contributed by atoms with E-state index in [9.17, 15) is 8.42 Å². The van der Waals surface area contributed by atoms with Gasteiger partial charge in [0.15, 0.2) is 0 Å². The van der Waals surface area contributed by atoms with Crippen molar-refractivity contribution >= 4 is 10.0 Å².